The van der Waals surface area contributed by atoms with Crippen molar-refractivity contribution in [1.29, 1.82) is 0 Å². The zero-order chi connectivity index (χ0) is 14.7. The smallest absolute Gasteiger partial charge is 0.295 e. The fourth-order valence-electron chi connectivity index (χ4n) is 2.23. The van der Waals surface area contributed by atoms with Crippen LogP contribution in [0.2, 0.25) is 0 Å². The first-order chi connectivity index (χ1) is 8.68. The summed E-state index contributed by atoms with van der Waals surface area (Å²) in [5.74, 6) is 0. The normalized spacial score (nSPS) is 17.6. The van der Waals surface area contributed by atoms with Crippen molar-refractivity contribution in [3.63, 3.8) is 0 Å². The van der Waals surface area contributed by atoms with Gasteiger partial charge in [-0.05, 0) is 13.8 Å². The molecule has 1 rings (SSSR count). The van der Waals surface area contributed by atoms with Crippen LogP contribution in [0.5, 0.6) is 0 Å². The van der Waals surface area contributed by atoms with Crippen LogP contribution in [-0.2, 0) is 70.3 Å². The van der Waals surface area contributed by atoms with Gasteiger partial charge in [-0.15, -0.1) is 16.7 Å². The fraction of sp³-hybridized carbons (Fsp3) is 0.923. The van der Waals surface area contributed by atoms with Crippen molar-refractivity contribution in [1.82, 2.24) is 9.80 Å². The van der Waals surface area contributed by atoms with E-state index in [1.54, 1.807) is 13.8 Å². The molecule has 1 aliphatic heterocycles. The minimum atomic E-state index is -0.806. The van der Waals surface area contributed by atoms with Gasteiger partial charge in [-0.2, -0.15) is 0 Å². The zero-order valence-corrected chi connectivity index (χ0v) is 19.3. The molecule has 0 N–H and O–H groups in total. The molecular weight excluding hydrogens is 424 g/mol. The molecule has 21 heavy (non-hydrogen) atoms. The van der Waals surface area contributed by atoms with Gasteiger partial charge >= 0.3 is 0 Å². The van der Waals surface area contributed by atoms with E-state index in [2.05, 4.69) is 16.7 Å². The van der Waals surface area contributed by atoms with Gasteiger partial charge in [-0.1, -0.05) is 13.8 Å². The van der Waals surface area contributed by atoms with E-state index in [1.807, 2.05) is 13.8 Å². The molecule has 8 heteroatoms. The molecule has 118 valence electrons. The Labute approximate surface area is 178 Å². The zero-order valence-electron chi connectivity index (χ0n) is 13.7. The molecule has 6 nitrogen and oxygen atoms in total. The van der Waals surface area contributed by atoms with Crippen LogP contribution in [0, 0.1) is 22.5 Å². The van der Waals surface area contributed by atoms with Crippen LogP contribution in [-0.4, -0.2) is 59.8 Å². The van der Waals surface area contributed by atoms with E-state index in [0.717, 1.165) is 39.3 Å². The second-order valence-electron chi connectivity index (χ2n) is 6.33. The third kappa shape index (κ3) is 7.62. The maximum absolute atomic E-state index is 10.6. The van der Waals surface area contributed by atoms with Gasteiger partial charge in [0.2, 0.25) is 0 Å². The standard InChI is InChI=1S/C13H26N3O3.2Y/c1-6-14-7-9-15(10-8-14)11-12(2,3)13(4,5)19-16(17)18;;/h1,6-11H2,2-5H3;;/q-1;;. The summed E-state index contributed by atoms with van der Waals surface area (Å²) in [7, 11) is 0. The predicted molar refractivity (Wildman–Crippen MR) is 74.2 cm³/mol. The minimum Gasteiger partial charge on any atom is -0.330 e. The van der Waals surface area contributed by atoms with Crippen molar-refractivity contribution in [2.24, 2.45) is 5.41 Å². The van der Waals surface area contributed by atoms with Gasteiger partial charge in [-0.25, -0.2) is 0 Å². The molecule has 0 unspecified atom stereocenters. The van der Waals surface area contributed by atoms with Crippen molar-refractivity contribution in [2.75, 3.05) is 39.3 Å². The van der Waals surface area contributed by atoms with Crippen LogP contribution in [0.3, 0.4) is 0 Å². The molecule has 0 aromatic carbocycles. The summed E-state index contributed by atoms with van der Waals surface area (Å²) in [5.41, 5.74) is -1.10. The Hall–Kier alpha value is 1.33. The van der Waals surface area contributed by atoms with Gasteiger partial charge in [0.15, 0.2) is 0 Å². The van der Waals surface area contributed by atoms with Gasteiger partial charge < -0.3 is 21.6 Å². The molecule has 0 amide bonds. The van der Waals surface area contributed by atoms with E-state index in [0.29, 0.717) is 0 Å². The van der Waals surface area contributed by atoms with Crippen molar-refractivity contribution in [3.8, 4) is 0 Å². The minimum absolute atomic E-state index is 0. The molecule has 0 spiro atoms. The molecular formula is C13H26N3O3Y2-. The number of hydrogen-bond donors (Lipinski definition) is 0. The molecule has 0 aromatic heterocycles. The summed E-state index contributed by atoms with van der Waals surface area (Å²) in [6.07, 6.45) is 0. The van der Waals surface area contributed by atoms with Gasteiger partial charge in [-0.3, -0.25) is 0 Å². The summed E-state index contributed by atoms with van der Waals surface area (Å²) in [6.45, 7) is 17.1. The Bertz CT molecular complexity index is 320. The molecule has 1 heterocycles. The summed E-state index contributed by atoms with van der Waals surface area (Å²) >= 11 is 0. The monoisotopic (exact) mass is 450 g/mol. The summed E-state index contributed by atoms with van der Waals surface area (Å²) in [4.78, 5) is 20.1. The van der Waals surface area contributed by atoms with Crippen LogP contribution < -0.4 is 0 Å². The van der Waals surface area contributed by atoms with Crippen molar-refractivity contribution >= 4 is 0 Å². The van der Waals surface area contributed by atoms with Gasteiger partial charge in [0, 0.05) is 104 Å². The summed E-state index contributed by atoms with van der Waals surface area (Å²) in [6, 6.07) is 0. The topological polar surface area (TPSA) is 58.8 Å². The van der Waals surface area contributed by atoms with Gasteiger partial charge in [0.1, 0.15) is 5.60 Å². The third-order valence-electron chi connectivity index (χ3n) is 4.33. The average molecular weight is 450 g/mol. The molecule has 0 saturated carbocycles. The van der Waals surface area contributed by atoms with E-state index in [4.69, 9.17) is 4.84 Å². The molecule has 0 atom stereocenters. The Morgan fingerprint density at radius 2 is 1.52 bits per heavy atom. The van der Waals surface area contributed by atoms with Crippen LogP contribution >= 0.6 is 0 Å². The summed E-state index contributed by atoms with van der Waals surface area (Å²) in [5, 5.41) is 9.90. The van der Waals surface area contributed by atoms with Crippen LogP contribution in [0.15, 0.2) is 0 Å². The fourth-order valence-corrected chi connectivity index (χ4v) is 2.23. The van der Waals surface area contributed by atoms with Crippen LogP contribution in [0.1, 0.15) is 27.7 Å². The molecule has 1 saturated heterocycles. The van der Waals surface area contributed by atoms with E-state index < -0.39 is 10.7 Å². The van der Waals surface area contributed by atoms with Crippen LogP contribution in [0.4, 0.5) is 0 Å². The van der Waals surface area contributed by atoms with Crippen LogP contribution in [0.25, 0.3) is 0 Å². The Morgan fingerprint density at radius 1 is 1.10 bits per heavy atom. The van der Waals surface area contributed by atoms with E-state index in [9.17, 15) is 10.1 Å². The van der Waals surface area contributed by atoms with E-state index >= 15 is 0 Å². The first-order valence-corrected chi connectivity index (χ1v) is 6.75. The quantitative estimate of drug-likeness (QED) is 0.349. The van der Waals surface area contributed by atoms with Gasteiger partial charge in [0.05, 0.1) is 0 Å². The number of piperazine rings is 1. The molecule has 0 aromatic rings. The first kappa shape index (κ1) is 24.6. The SMILES string of the molecule is [CH2-]CN1CCN(CC(C)(C)C(C)(C)O[N+](=O)[O-])CC1.[Y].[Y]. The third-order valence-corrected chi connectivity index (χ3v) is 4.33. The number of rotatable bonds is 6. The number of nitrogens with zero attached hydrogens (tertiary/aromatic N) is 3. The van der Waals surface area contributed by atoms with Crippen molar-refractivity contribution in [2.45, 2.75) is 33.3 Å². The molecule has 1 fully saturated rings. The maximum Gasteiger partial charge on any atom is 0.295 e. The average Bonchev–Trinajstić information content (AvgIpc) is 2.27. The predicted octanol–water partition coefficient (Wildman–Crippen LogP) is 1.45. The van der Waals surface area contributed by atoms with Crippen molar-refractivity contribution < 1.29 is 75.3 Å². The summed E-state index contributed by atoms with van der Waals surface area (Å²) < 4.78 is 0. The van der Waals surface area contributed by atoms with E-state index in [1.165, 1.54) is 0 Å². The molecule has 2 radical (unpaired) electrons. The molecule has 0 aliphatic carbocycles. The van der Waals surface area contributed by atoms with Crippen molar-refractivity contribution in [3.05, 3.63) is 17.0 Å². The first-order valence-electron chi connectivity index (χ1n) is 6.75. The Kier molecular flexibility index (Phi) is 12.0. The second-order valence-corrected chi connectivity index (χ2v) is 6.33. The number of hydrogen-bond acceptors (Lipinski definition) is 5. The Balaban J connectivity index is 0. The van der Waals surface area contributed by atoms with Gasteiger partial charge in [0.25, 0.3) is 5.09 Å². The molecule has 1 aliphatic rings. The second kappa shape index (κ2) is 10.2. The van der Waals surface area contributed by atoms with E-state index in [-0.39, 0.29) is 70.8 Å². The maximum atomic E-state index is 10.6. The molecule has 0 bridgehead atoms. The Morgan fingerprint density at radius 3 is 1.90 bits per heavy atom. The largest absolute Gasteiger partial charge is 0.330 e.